The third kappa shape index (κ3) is 1.32. The molecule has 1 aliphatic rings. The van der Waals surface area contributed by atoms with E-state index < -0.39 is 0 Å². The van der Waals surface area contributed by atoms with Gasteiger partial charge in [-0.3, -0.25) is 9.69 Å². The quantitative estimate of drug-likeness (QED) is 0.571. The summed E-state index contributed by atoms with van der Waals surface area (Å²) in [4.78, 5) is 13.7. The highest BCUT2D eigenvalue weighted by Gasteiger charge is 2.37. The fourth-order valence-corrected chi connectivity index (χ4v) is 1.67. The molecule has 0 N–H and O–H groups in total. The highest BCUT2D eigenvalue weighted by molar-refractivity contribution is 5.88. The number of ketones is 1. The summed E-state index contributed by atoms with van der Waals surface area (Å²) in [6.45, 7) is 5.20. The smallest absolute Gasteiger partial charge is 0.152 e. The monoisotopic (exact) mass is 155 g/mol. The van der Waals surface area contributed by atoms with Crippen molar-refractivity contribution in [3.8, 4) is 0 Å². The third-order valence-electron chi connectivity index (χ3n) is 3.03. The first kappa shape index (κ1) is 8.72. The fourth-order valence-electron chi connectivity index (χ4n) is 1.67. The van der Waals surface area contributed by atoms with E-state index in [2.05, 4.69) is 18.7 Å². The van der Waals surface area contributed by atoms with Gasteiger partial charge in [0.15, 0.2) is 5.78 Å². The van der Waals surface area contributed by atoms with Gasteiger partial charge >= 0.3 is 0 Å². The predicted molar refractivity (Wildman–Crippen MR) is 45.6 cm³/mol. The minimum Gasteiger partial charge on any atom is -0.298 e. The van der Waals surface area contributed by atoms with E-state index >= 15 is 0 Å². The van der Waals surface area contributed by atoms with E-state index in [1.807, 2.05) is 7.05 Å². The average Bonchev–Trinajstić information content (AvgIpc) is 2.00. The Labute approximate surface area is 68.6 Å². The zero-order valence-corrected chi connectivity index (χ0v) is 7.68. The molecular formula is C9H17NO. The van der Waals surface area contributed by atoms with Crippen LogP contribution in [-0.2, 0) is 4.79 Å². The van der Waals surface area contributed by atoms with Crippen LogP contribution in [-0.4, -0.2) is 29.8 Å². The van der Waals surface area contributed by atoms with Crippen LogP contribution in [0.1, 0.15) is 33.1 Å². The maximum atomic E-state index is 11.5. The van der Waals surface area contributed by atoms with Gasteiger partial charge in [0.25, 0.3) is 0 Å². The number of hydrogen-bond acceptors (Lipinski definition) is 2. The minimum atomic E-state index is -0.168. The van der Waals surface area contributed by atoms with Crippen molar-refractivity contribution in [2.75, 3.05) is 13.6 Å². The summed E-state index contributed by atoms with van der Waals surface area (Å²) >= 11 is 0. The van der Waals surface area contributed by atoms with Gasteiger partial charge < -0.3 is 0 Å². The van der Waals surface area contributed by atoms with Crippen molar-refractivity contribution in [1.29, 1.82) is 0 Å². The van der Waals surface area contributed by atoms with Crippen molar-refractivity contribution in [3.63, 3.8) is 0 Å². The zero-order chi connectivity index (χ0) is 8.48. The van der Waals surface area contributed by atoms with Crippen molar-refractivity contribution in [3.05, 3.63) is 0 Å². The van der Waals surface area contributed by atoms with Crippen LogP contribution in [0.4, 0.5) is 0 Å². The molecule has 1 atom stereocenters. The van der Waals surface area contributed by atoms with Crippen molar-refractivity contribution >= 4 is 5.78 Å². The number of carbonyl (C=O) groups is 1. The molecule has 0 spiro atoms. The zero-order valence-electron chi connectivity index (χ0n) is 7.68. The van der Waals surface area contributed by atoms with Crippen LogP contribution in [0.3, 0.4) is 0 Å². The standard InChI is InChI=1S/C9H17NO/c1-4-9(2)8(11)6-5-7-10(9)3/h4-7H2,1-3H3/t9-/m1/s1. The van der Waals surface area contributed by atoms with E-state index in [4.69, 9.17) is 0 Å². The molecule has 1 heterocycles. The second-order valence-corrected chi connectivity index (χ2v) is 3.58. The Kier molecular flexibility index (Phi) is 2.33. The highest BCUT2D eigenvalue weighted by atomic mass is 16.1. The fraction of sp³-hybridized carbons (Fsp3) is 0.889. The van der Waals surface area contributed by atoms with Gasteiger partial charge in [0, 0.05) is 6.42 Å². The Balaban J connectivity index is 2.77. The molecule has 0 aromatic rings. The third-order valence-corrected chi connectivity index (χ3v) is 3.03. The van der Waals surface area contributed by atoms with Gasteiger partial charge in [-0.1, -0.05) is 6.92 Å². The molecule has 2 heteroatoms. The lowest BCUT2D eigenvalue weighted by atomic mass is 9.85. The molecule has 0 amide bonds. The summed E-state index contributed by atoms with van der Waals surface area (Å²) in [6.07, 6.45) is 2.74. The molecule has 1 saturated heterocycles. The number of nitrogens with zero attached hydrogens (tertiary/aromatic N) is 1. The van der Waals surface area contributed by atoms with E-state index in [0.29, 0.717) is 5.78 Å². The van der Waals surface area contributed by atoms with Crippen LogP contribution in [0.5, 0.6) is 0 Å². The van der Waals surface area contributed by atoms with Gasteiger partial charge in [0.05, 0.1) is 5.54 Å². The summed E-state index contributed by atoms with van der Waals surface area (Å²) in [6, 6.07) is 0. The van der Waals surface area contributed by atoms with Crippen LogP contribution in [0.15, 0.2) is 0 Å². The number of carbonyl (C=O) groups excluding carboxylic acids is 1. The number of likely N-dealkylation sites (tertiary alicyclic amines) is 1. The lowest BCUT2D eigenvalue weighted by molar-refractivity contribution is -0.133. The first-order chi connectivity index (χ1) is 5.11. The average molecular weight is 155 g/mol. The van der Waals surface area contributed by atoms with E-state index in [0.717, 1.165) is 25.8 Å². The number of rotatable bonds is 1. The molecule has 0 saturated carbocycles. The first-order valence-corrected chi connectivity index (χ1v) is 4.36. The maximum Gasteiger partial charge on any atom is 0.152 e. The summed E-state index contributed by atoms with van der Waals surface area (Å²) in [5.41, 5.74) is -0.168. The largest absolute Gasteiger partial charge is 0.298 e. The lowest BCUT2D eigenvalue weighted by Gasteiger charge is -2.40. The molecule has 1 rings (SSSR count). The predicted octanol–water partition coefficient (Wildman–Crippen LogP) is 1.45. The van der Waals surface area contributed by atoms with E-state index in [9.17, 15) is 4.79 Å². The normalized spacial score (nSPS) is 34.3. The topological polar surface area (TPSA) is 20.3 Å². The van der Waals surface area contributed by atoms with Gasteiger partial charge in [0.2, 0.25) is 0 Å². The van der Waals surface area contributed by atoms with Crippen LogP contribution < -0.4 is 0 Å². The molecule has 0 unspecified atom stereocenters. The summed E-state index contributed by atoms with van der Waals surface area (Å²) in [5.74, 6) is 0.411. The number of likely N-dealkylation sites (N-methyl/N-ethyl adjacent to an activating group) is 1. The summed E-state index contributed by atoms with van der Waals surface area (Å²) in [5, 5.41) is 0. The van der Waals surface area contributed by atoms with E-state index in [1.54, 1.807) is 0 Å². The van der Waals surface area contributed by atoms with Crippen LogP contribution in [0.2, 0.25) is 0 Å². The molecule has 2 nitrogen and oxygen atoms in total. The molecule has 64 valence electrons. The van der Waals surface area contributed by atoms with Crippen molar-refractivity contribution in [2.45, 2.75) is 38.6 Å². The second-order valence-electron chi connectivity index (χ2n) is 3.58. The van der Waals surface area contributed by atoms with Gasteiger partial charge in [-0.05, 0) is 33.4 Å². The SMILES string of the molecule is CC[C@]1(C)C(=O)CCCN1C. The minimum absolute atomic E-state index is 0.168. The number of Topliss-reactive ketones (excluding diaryl/α,β-unsaturated/α-hetero) is 1. The maximum absolute atomic E-state index is 11.5. The van der Waals surface area contributed by atoms with Gasteiger partial charge in [-0.15, -0.1) is 0 Å². The van der Waals surface area contributed by atoms with Crippen molar-refractivity contribution in [1.82, 2.24) is 4.90 Å². The Morgan fingerprint density at radius 2 is 2.27 bits per heavy atom. The van der Waals surface area contributed by atoms with Gasteiger partial charge in [0.1, 0.15) is 0 Å². The van der Waals surface area contributed by atoms with Gasteiger partial charge in [-0.2, -0.15) is 0 Å². The molecule has 0 bridgehead atoms. The van der Waals surface area contributed by atoms with Crippen molar-refractivity contribution < 1.29 is 4.79 Å². The Morgan fingerprint density at radius 3 is 2.64 bits per heavy atom. The molecular weight excluding hydrogens is 138 g/mol. The number of hydrogen-bond donors (Lipinski definition) is 0. The van der Waals surface area contributed by atoms with Crippen molar-refractivity contribution in [2.24, 2.45) is 0 Å². The summed E-state index contributed by atoms with van der Waals surface area (Å²) in [7, 11) is 2.04. The Hall–Kier alpha value is -0.370. The van der Waals surface area contributed by atoms with Crippen LogP contribution >= 0.6 is 0 Å². The van der Waals surface area contributed by atoms with E-state index in [1.165, 1.54) is 0 Å². The molecule has 0 radical (unpaired) electrons. The molecule has 0 aromatic carbocycles. The Morgan fingerprint density at radius 1 is 1.64 bits per heavy atom. The molecule has 0 aliphatic carbocycles. The van der Waals surface area contributed by atoms with Crippen LogP contribution in [0.25, 0.3) is 0 Å². The number of piperidine rings is 1. The summed E-state index contributed by atoms with van der Waals surface area (Å²) < 4.78 is 0. The van der Waals surface area contributed by atoms with Gasteiger partial charge in [-0.25, -0.2) is 0 Å². The lowest BCUT2D eigenvalue weighted by Crippen LogP contribution is -2.53. The molecule has 11 heavy (non-hydrogen) atoms. The molecule has 1 aliphatic heterocycles. The molecule has 0 aromatic heterocycles. The van der Waals surface area contributed by atoms with Crippen LogP contribution in [0, 0.1) is 0 Å². The Bertz CT molecular complexity index is 167. The molecule has 1 fully saturated rings. The highest BCUT2D eigenvalue weighted by Crippen LogP contribution is 2.25. The van der Waals surface area contributed by atoms with E-state index in [-0.39, 0.29) is 5.54 Å². The first-order valence-electron chi connectivity index (χ1n) is 4.36. The second kappa shape index (κ2) is 2.94.